The molecule has 1 amide bonds. The molecule has 1 aliphatic heterocycles. The lowest BCUT2D eigenvalue weighted by Crippen LogP contribution is -2.24. The number of hydrogen-bond acceptors (Lipinski definition) is 7. The summed E-state index contributed by atoms with van der Waals surface area (Å²) in [4.78, 5) is 26.2. The highest BCUT2D eigenvalue weighted by molar-refractivity contribution is 6.00. The summed E-state index contributed by atoms with van der Waals surface area (Å²) in [6, 6.07) is 9.28. The van der Waals surface area contributed by atoms with E-state index in [0.717, 1.165) is 25.2 Å². The number of rotatable bonds is 9. The number of amides is 1. The molecule has 9 nitrogen and oxygen atoms in total. The van der Waals surface area contributed by atoms with Gasteiger partial charge in [-0.25, -0.2) is 0 Å². The Bertz CT molecular complexity index is 939. The minimum Gasteiger partial charge on any atom is -0.493 e. The lowest BCUT2D eigenvalue weighted by atomic mass is 10.1. The standard InChI is InChI=1S/C22H27N3O6/c1-29-18-12-17(19(25(27)28)21(31-3)20(18)30-2)22(26)23-13-15-6-8-16(9-7-15)14-24-10-4-5-11-24/h6-9,12H,4-5,10-11,13-14H2,1-3H3,(H,23,26). The van der Waals surface area contributed by atoms with Gasteiger partial charge in [-0.15, -0.1) is 0 Å². The predicted molar refractivity (Wildman–Crippen MR) is 115 cm³/mol. The Morgan fingerprint density at radius 2 is 1.65 bits per heavy atom. The van der Waals surface area contributed by atoms with E-state index in [9.17, 15) is 14.9 Å². The normalized spacial score (nSPS) is 13.6. The number of nitro benzene ring substituents is 1. The molecule has 166 valence electrons. The Labute approximate surface area is 181 Å². The van der Waals surface area contributed by atoms with Crippen molar-refractivity contribution in [1.29, 1.82) is 0 Å². The van der Waals surface area contributed by atoms with E-state index >= 15 is 0 Å². The van der Waals surface area contributed by atoms with Crippen molar-refractivity contribution in [1.82, 2.24) is 10.2 Å². The summed E-state index contributed by atoms with van der Waals surface area (Å²) >= 11 is 0. The van der Waals surface area contributed by atoms with E-state index in [2.05, 4.69) is 10.2 Å². The molecule has 0 atom stereocenters. The van der Waals surface area contributed by atoms with Crippen LogP contribution in [-0.2, 0) is 13.1 Å². The highest BCUT2D eigenvalue weighted by atomic mass is 16.6. The van der Waals surface area contributed by atoms with Crippen molar-refractivity contribution in [2.45, 2.75) is 25.9 Å². The maximum absolute atomic E-state index is 12.8. The molecular formula is C22H27N3O6. The van der Waals surface area contributed by atoms with Gasteiger partial charge < -0.3 is 19.5 Å². The second-order valence-corrected chi connectivity index (χ2v) is 7.28. The minimum atomic E-state index is -0.664. The summed E-state index contributed by atoms with van der Waals surface area (Å²) in [7, 11) is 4.00. The first kappa shape index (κ1) is 22.4. The van der Waals surface area contributed by atoms with Crippen LogP contribution in [0.4, 0.5) is 5.69 Å². The van der Waals surface area contributed by atoms with Crippen molar-refractivity contribution in [3.05, 3.63) is 57.1 Å². The molecule has 1 fully saturated rings. The van der Waals surface area contributed by atoms with Crippen molar-refractivity contribution >= 4 is 11.6 Å². The van der Waals surface area contributed by atoms with Crippen LogP contribution < -0.4 is 19.5 Å². The number of nitrogens with zero attached hydrogens (tertiary/aromatic N) is 2. The molecule has 0 radical (unpaired) electrons. The Morgan fingerprint density at radius 3 is 2.19 bits per heavy atom. The SMILES string of the molecule is COc1cc(C(=O)NCc2ccc(CN3CCCC3)cc2)c([N+](=O)[O-])c(OC)c1OC. The fourth-order valence-electron chi connectivity index (χ4n) is 3.73. The maximum atomic E-state index is 12.8. The highest BCUT2D eigenvalue weighted by Crippen LogP contribution is 2.46. The lowest BCUT2D eigenvalue weighted by molar-refractivity contribution is -0.386. The maximum Gasteiger partial charge on any atom is 0.327 e. The Morgan fingerprint density at radius 1 is 1.03 bits per heavy atom. The van der Waals surface area contributed by atoms with Crippen LogP contribution in [0.1, 0.15) is 34.3 Å². The summed E-state index contributed by atoms with van der Waals surface area (Å²) in [6.07, 6.45) is 2.49. The van der Waals surface area contributed by atoms with Crippen molar-refractivity contribution in [3.8, 4) is 17.2 Å². The van der Waals surface area contributed by atoms with Gasteiger partial charge in [-0.1, -0.05) is 24.3 Å². The minimum absolute atomic E-state index is 0.0573. The highest BCUT2D eigenvalue weighted by Gasteiger charge is 2.32. The molecule has 0 bridgehead atoms. The first-order valence-corrected chi connectivity index (χ1v) is 10.0. The van der Waals surface area contributed by atoms with Crippen LogP contribution in [0.2, 0.25) is 0 Å². The molecule has 1 aliphatic rings. The van der Waals surface area contributed by atoms with Gasteiger partial charge >= 0.3 is 5.69 Å². The Balaban J connectivity index is 1.76. The third-order valence-corrected chi connectivity index (χ3v) is 5.31. The number of carbonyl (C=O) groups is 1. The molecule has 2 aromatic carbocycles. The zero-order valence-corrected chi connectivity index (χ0v) is 18.0. The Hall–Kier alpha value is -3.33. The quantitative estimate of drug-likeness (QED) is 0.482. The molecule has 31 heavy (non-hydrogen) atoms. The molecule has 2 aromatic rings. The van der Waals surface area contributed by atoms with E-state index in [4.69, 9.17) is 14.2 Å². The summed E-state index contributed by atoms with van der Waals surface area (Å²) in [5, 5.41) is 14.4. The second-order valence-electron chi connectivity index (χ2n) is 7.28. The van der Waals surface area contributed by atoms with E-state index in [1.807, 2.05) is 24.3 Å². The third kappa shape index (κ3) is 5.05. The monoisotopic (exact) mass is 429 g/mol. The molecule has 0 aromatic heterocycles. The third-order valence-electron chi connectivity index (χ3n) is 5.31. The van der Waals surface area contributed by atoms with Crippen LogP contribution in [0.15, 0.2) is 30.3 Å². The van der Waals surface area contributed by atoms with Crippen LogP contribution >= 0.6 is 0 Å². The zero-order chi connectivity index (χ0) is 22.4. The van der Waals surface area contributed by atoms with Crippen molar-refractivity contribution in [3.63, 3.8) is 0 Å². The number of nitro groups is 1. The lowest BCUT2D eigenvalue weighted by Gasteiger charge is -2.15. The van der Waals surface area contributed by atoms with Crippen molar-refractivity contribution in [2.75, 3.05) is 34.4 Å². The number of methoxy groups -OCH3 is 3. The molecule has 1 N–H and O–H groups in total. The van der Waals surface area contributed by atoms with Gasteiger partial charge in [0.1, 0.15) is 5.56 Å². The van der Waals surface area contributed by atoms with E-state index in [1.54, 1.807) is 0 Å². The van der Waals surface area contributed by atoms with Gasteiger partial charge in [0.05, 0.1) is 26.3 Å². The number of nitrogens with one attached hydrogen (secondary N) is 1. The summed E-state index contributed by atoms with van der Waals surface area (Å²) in [6.45, 7) is 3.41. The topological polar surface area (TPSA) is 103 Å². The van der Waals surface area contributed by atoms with E-state index < -0.39 is 16.5 Å². The first-order valence-electron chi connectivity index (χ1n) is 10.0. The van der Waals surface area contributed by atoms with Crippen LogP contribution in [0.5, 0.6) is 17.2 Å². The van der Waals surface area contributed by atoms with Crippen LogP contribution in [0.25, 0.3) is 0 Å². The van der Waals surface area contributed by atoms with E-state index in [0.29, 0.717) is 0 Å². The van der Waals surface area contributed by atoms with Crippen molar-refractivity contribution < 1.29 is 23.9 Å². The second kappa shape index (κ2) is 10.1. The largest absolute Gasteiger partial charge is 0.493 e. The molecule has 1 heterocycles. The fraction of sp³-hybridized carbons (Fsp3) is 0.409. The smallest absolute Gasteiger partial charge is 0.327 e. The summed E-state index contributed by atoms with van der Waals surface area (Å²) in [5.74, 6) is -0.543. The first-order chi connectivity index (χ1) is 15.0. The molecule has 0 aliphatic carbocycles. The molecule has 1 saturated heterocycles. The number of ether oxygens (including phenoxy) is 3. The van der Waals surface area contributed by atoms with E-state index in [1.165, 1.54) is 45.8 Å². The average Bonchev–Trinajstić information content (AvgIpc) is 3.29. The molecular weight excluding hydrogens is 402 g/mol. The van der Waals surface area contributed by atoms with Gasteiger partial charge in [0.2, 0.25) is 11.5 Å². The van der Waals surface area contributed by atoms with Gasteiger partial charge in [0.25, 0.3) is 5.91 Å². The van der Waals surface area contributed by atoms with Gasteiger partial charge in [0.15, 0.2) is 5.75 Å². The van der Waals surface area contributed by atoms with Crippen LogP contribution in [0, 0.1) is 10.1 Å². The van der Waals surface area contributed by atoms with Gasteiger partial charge in [-0.05, 0) is 37.1 Å². The fourth-order valence-corrected chi connectivity index (χ4v) is 3.73. The van der Waals surface area contributed by atoms with Crippen LogP contribution in [-0.4, -0.2) is 50.1 Å². The number of benzene rings is 2. The zero-order valence-electron chi connectivity index (χ0n) is 18.0. The van der Waals surface area contributed by atoms with Gasteiger partial charge in [0, 0.05) is 19.2 Å². The molecule has 9 heteroatoms. The predicted octanol–water partition coefficient (Wildman–Crippen LogP) is 3.15. The number of hydrogen-bond donors (Lipinski definition) is 1. The van der Waals surface area contributed by atoms with Gasteiger partial charge in [-0.2, -0.15) is 0 Å². The van der Waals surface area contributed by atoms with Crippen LogP contribution in [0.3, 0.4) is 0 Å². The molecule has 0 unspecified atom stereocenters. The summed E-state index contributed by atoms with van der Waals surface area (Å²) < 4.78 is 15.6. The molecule has 0 spiro atoms. The van der Waals surface area contributed by atoms with Gasteiger partial charge in [-0.3, -0.25) is 19.8 Å². The van der Waals surface area contributed by atoms with Crippen molar-refractivity contribution in [2.24, 2.45) is 0 Å². The number of carbonyl (C=O) groups excluding carboxylic acids is 1. The van der Waals surface area contributed by atoms with E-state index in [-0.39, 0.29) is 29.4 Å². The summed E-state index contributed by atoms with van der Waals surface area (Å²) in [5.41, 5.74) is 1.48. The Kier molecular flexibility index (Phi) is 7.30. The molecule has 3 rings (SSSR count). The average molecular weight is 429 g/mol. The molecule has 0 saturated carbocycles. The number of likely N-dealkylation sites (tertiary alicyclic amines) is 1.